The molecule has 0 aromatic carbocycles. The standard InChI is InChI=1S/C14H27N/c1-4-5-6-7-8-12-9-13(15)11-14(2,3)10-12/h9,13H,4-8,10-11,15H2,1-3H3. The Balaban J connectivity index is 2.34. The Labute approximate surface area is 95.1 Å². The quantitative estimate of drug-likeness (QED) is 0.537. The molecular formula is C14H27N. The van der Waals surface area contributed by atoms with Crippen molar-refractivity contribution in [2.24, 2.45) is 11.1 Å². The van der Waals surface area contributed by atoms with Gasteiger partial charge in [0.2, 0.25) is 0 Å². The summed E-state index contributed by atoms with van der Waals surface area (Å²) in [5, 5.41) is 0. The van der Waals surface area contributed by atoms with Gasteiger partial charge in [-0.1, -0.05) is 51.7 Å². The Morgan fingerprint density at radius 2 is 2.07 bits per heavy atom. The summed E-state index contributed by atoms with van der Waals surface area (Å²) in [5.41, 5.74) is 8.09. The molecule has 0 fully saturated rings. The van der Waals surface area contributed by atoms with Gasteiger partial charge in [0.25, 0.3) is 0 Å². The van der Waals surface area contributed by atoms with Crippen LogP contribution in [0.3, 0.4) is 0 Å². The first-order valence-corrected chi connectivity index (χ1v) is 6.48. The summed E-state index contributed by atoms with van der Waals surface area (Å²) in [5.74, 6) is 0. The van der Waals surface area contributed by atoms with E-state index in [1.807, 2.05) is 0 Å². The molecule has 1 aliphatic rings. The highest BCUT2D eigenvalue weighted by Gasteiger charge is 2.26. The number of allylic oxidation sites excluding steroid dienone is 1. The number of rotatable bonds is 5. The van der Waals surface area contributed by atoms with Crippen LogP contribution < -0.4 is 5.73 Å². The minimum atomic E-state index is 0.301. The lowest BCUT2D eigenvalue weighted by molar-refractivity contribution is 0.297. The van der Waals surface area contributed by atoms with Crippen LogP contribution in [-0.2, 0) is 0 Å². The van der Waals surface area contributed by atoms with Crippen molar-refractivity contribution in [1.29, 1.82) is 0 Å². The van der Waals surface area contributed by atoms with E-state index in [1.54, 1.807) is 5.57 Å². The molecule has 1 aliphatic carbocycles. The van der Waals surface area contributed by atoms with Crippen molar-refractivity contribution in [3.05, 3.63) is 11.6 Å². The Bertz CT molecular complexity index is 215. The number of hydrogen-bond acceptors (Lipinski definition) is 1. The van der Waals surface area contributed by atoms with E-state index in [0.717, 1.165) is 6.42 Å². The summed E-state index contributed by atoms with van der Waals surface area (Å²) in [6.45, 7) is 6.94. The first kappa shape index (κ1) is 12.8. The van der Waals surface area contributed by atoms with Gasteiger partial charge in [-0.25, -0.2) is 0 Å². The molecule has 1 nitrogen and oxygen atoms in total. The zero-order valence-corrected chi connectivity index (χ0v) is 10.7. The Morgan fingerprint density at radius 3 is 2.67 bits per heavy atom. The molecular weight excluding hydrogens is 182 g/mol. The van der Waals surface area contributed by atoms with E-state index >= 15 is 0 Å². The molecule has 2 N–H and O–H groups in total. The second kappa shape index (κ2) is 5.69. The highest BCUT2D eigenvalue weighted by atomic mass is 14.6. The van der Waals surface area contributed by atoms with Crippen molar-refractivity contribution in [3.8, 4) is 0 Å². The Morgan fingerprint density at radius 1 is 1.33 bits per heavy atom. The predicted octanol–water partition coefficient (Wildman–Crippen LogP) is 4.03. The summed E-state index contributed by atoms with van der Waals surface area (Å²) < 4.78 is 0. The van der Waals surface area contributed by atoms with E-state index in [1.165, 1.54) is 38.5 Å². The molecule has 0 aromatic heterocycles. The van der Waals surface area contributed by atoms with Crippen molar-refractivity contribution in [2.45, 2.75) is 71.8 Å². The maximum atomic E-state index is 6.05. The summed E-state index contributed by atoms with van der Waals surface area (Å²) >= 11 is 0. The van der Waals surface area contributed by atoms with Gasteiger partial charge < -0.3 is 5.73 Å². The van der Waals surface area contributed by atoms with Crippen LogP contribution in [0.1, 0.15) is 65.7 Å². The van der Waals surface area contributed by atoms with Crippen LogP contribution in [0.4, 0.5) is 0 Å². The maximum Gasteiger partial charge on any atom is 0.0231 e. The molecule has 0 bridgehead atoms. The molecule has 0 saturated heterocycles. The summed E-state index contributed by atoms with van der Waals surface area (Å²) in [6, 6.07) is 0.301. The fourth-order valence-electron chi connectivity index (χ4n) is 2.70. The second-order valence-electron chi connectivity index (χ2n) is 5.84. The van der Waals surface area contributed by atoms with Gasteiger partial charge in [-0.15, -0.1) is 0 Å². The van der Waals surface area contributed by atoms with Crippen LogP contribution in [0.15, 0.2) is 11.6 Å². The Kier molecular flexibility index (Phi) is 4.85. The third-order valence-corrected chi connectivity index (χ3v) is 3.30. The molecule has 0 aromatic rings. The first-order chi connectivity index (χ1) is 7.03. The number of hydrogen-bond donors (Lipinski definition) is 1. The summed E-state index contributed by atoms with van der Waals surface area (Å²) in [4.78, 5) is 0. The molecule has 1 rings (SSSR count). The van der Waals surface area contributed by atoms with Gasteiger partial charge in [-0.2, -0.15) is 0 Å². The van der Waals surface area contributed by atoms with Crippen LogP contribution >= 0.6 is 0 Å². The van der Waals surface area contributed by atoms with Gasteiger partial charge in [0, 0.05) is 6.04 Å². The van der Waals surface area contributed by atoms with Gasteiger partial charge >= 0.3 is 0 Å². The van der Waals surface area contributed by atoms with E-state index in [0.29, 0.717) is 11.5 Å². The fourth-order valence-corrected chi connectivity index (χ4v) is 2.70. The van der Waals surface area contributed by atoms with Crippen LogP contribution in [-0.4, -0.2) is 6.04 Å². The average Bonchev–Trinajstić information content (AvgIpc) is 2.09. The fraction of sp³-hybridized carbons (Fsp3) is 0.857. The SMILES string of the molecule is CCCCCCC1=CC(N)CC(C)(C)C1. The van der Waals surface area contributed by atoms with Crippen LogP contribution in [0.2, 0.25) is 0 Å². The highest BCUT2D eigenvalue weighted by molar-refractivity contribution is 5.13. The minimum absolute atomic E-state index is 0.301. The summed E-state index contributed by atoms with van der Waals surface area (Å²) in [7, 11) is 0. The van der Waals surface area contributed by atoms with Crippen LogP contribution in [0.25, 0.3) is 0 Å². The lowest BCUT2D eigenvalue weighted by Crippen LogP contribution is -2.30. The maximum absolute atomic E-state index is 6.05. The topological polar surface area (TPSA) is 26.0 Å². The normalized spacial score (nSPS) is 25.1. The van der Waals surface area contributed by atoms with E-state index in [9.17, 15) is 0 Å². The number of nitrogens with two attached hydrogens (primary N) is 1. The lowest BCUT2D eigenvalue weighted by atomic mass is 9.74. The van der Waals surface area contributed by atoms with Crippen LogP contribution in [0.5, 0.6) is 0 Å². The molecule has 0 aliphatic heterocycles. The van der Waals surface area contributed by atoms with Crippen molar-refractivity contribution in [3.63, 3.8) is 0 Å². The third kappa shape index (κ3) is 4.83. The first-order valence-electron chi connectivity index (χ1n) is 6.48. The van der Waals surface area contributed by atoms with Gasteiger partial charge in [0.1, 0.15) is 0 Å². The molecule has 0 amide bonds. The zero-order valence-electron chi connectivity index (χ0n) is 10.7. The van der Waals surface area contributed by atoms with E-state index in [4.69, 9.17) is 5.73 Å². The monoisotopic (exact) mass is 209 g/mol. The zero-order chi connectivity index (χ0) is 11.3. The second-order valence-corrected chi connectivity index (χ2v) is 5.84. The van der Waals surface area contributed by atoms with Crippen molar-refractivity contribution in [2.75, 3.05) is 0 Å². The molecule has 15 heavy (non-hydrogen) atoms. The molecule has 1 heteroatoms. The van der Waals surface area contributed by atoms with Gasteiger partial charge in [-0.05, 0) is 31.1 Å². The predicted molar refractivity (Wildman–Crippen MR) is 67.8 cm³/mol. The largest absolute Gasteiger partial charge is 0.324 e. The van der Waals surface area contributed by atoms with Gasteiger partial charge in [0.15, 0.2) is 0 Å². The smallest absolute Gasteiger partial charge is 0.0231 e. The van der Waals surface area contributed by atoms with Gasteiger partial charge in [0.05, 0.1) is 0 Å². The average molecular weight is 209 g/mol. The minimum Gasteiger partial charge on any atom is -0.324 e. The van der Waals surface area contributed by atoms with Gasteiger partial charge in [-0.3, -0.25) is 0 Å². The molecule has 0 heterocycles. The molecule has 0 saturated carbocycles. The summed E-state index contributed by atoms with van der Waals surface area (Å²) in [6.07, 6.45) is 11.4. The molecule has 1 atom stereocenters. The van der Waals surface area contributed by atoms with E-state index in [-0.39, 0.29) is 0 Å². The molecule has 0 radical (unpaired) electrons. The van der Waals surface area contributed by atoms with Crippen molar-refractivity contribution < 1.29 is 0 Å². The van der Waals surface area contributed by atoms with Crippen molar-refractivity contribution >= 4 is 0 Å². The molecule has 88 valence electrons. The Hall–Kier alpha value is -0.300. The van der Waals surface area contributed by atoms with Crippen molar-refractivity contribution in [1.82, 2.24) is 0 Å². The van der Waals surface area contributed by atoms with E-state index in [2.05, 4.69) is 26.8 Å². The third-order valence-electron chi connectivity index (χ3n) is 3.30. The molecule has 1 unspecified atom stereocenters. The number of unbranched alkanes of at least 4 members (excludes halogenated alkanes) is 3. The van der Waals surface area contributed by atoms with E-state index < -0.39 is 0 Å². The lowest BCUT2D eigenvalue weighted by Gasteiger charge is -2.33. The van der Waals surface area contributed by atoms with Crippen LogP contribution in [0, 0.1) is 5.41 Å². The molecule has 0 spiro atoms. The highest BCUT2D eigenvalue weighted by Crippen LogP contribution is 2.36.